The number of carbonyl (C=O) groups excluding carboxylic acids is 1. The van der Waals surface area contributed by atoms with E-state index < -0.39 is 0 Å². The Labute approximate surface area is 181 Å². The molecule has 1 fully saturated rings. The second-order valence-electron chi connectivity index (χ2n) is 7.58. The van der Waals surface area contributed by atoms with E-state index in [0.717, 1.165) is 65.1 Å². The van der Waals surface area contributed by atoms with Crippen molar-refractivity contribution in [3.05, 3.63) is 53.6 Å². The van der Waals surface area contributed by atoms with Crippen LogP contribution in [0, 0.1) is 6.92 Å². The number of ether oxygens (including phenoxy) is 2. The summed E-state index contributed by atoms with van der Waals surface area (Å²) in [5, 5.41) is 0.742. The zero-order valence-electron chi connectivity index (χ0n) is 17.5. The molecule has 1 aliphatic heterocycles. The number of nitrogens with one attached hydrogen (secondary N) is 1. The van der Waals surface area contributed by atoms with Gasteiger partial charge in [-0.25, -0.2) is 4.98 Å². The Morgan fingerprint density at radius 3 is 2.70 bits per heavy atom. The van der Waals surface area contributed by atoms with Crippen LogP contribution in [-0.2, 0) is 16.0 Å². The van der Waals surface area contributed by atoms with Gasteiger partial charge >= 0.3 is 0 Å². The zero-order chi connectivity index (χ0) is 20.9. The molecule has 6 nitrogen and oxygen atoms in total. The number of morpholine rings is 1. The minimum atomic E-state index is 0.0736. The molecule has 0 unspecified atom stereocenters. The summed E-state index contributed by atoms with van der Waals surface area (Å²) in [5.41, 5.74) is 2.98. The van der Waals surface area contributed by atoms with E-state index in [2.05, 4.69) is 6.92 Å². The van der Waals surface area contributed by atoms with Gasteiger partial charge in [-0.1, -0.05) is 47.7 Å². The molecular weight excluding hydrogens is 398 g/mol. The van der Waals surface area contributed by atoms with Crippen molar-refractivity contribution < 1.29 is 19.2 Å². The highest BCUT2D eigenvalue weighted by Gasteiger charge is 2.24. The van der Waals surface area contributed by atoms with E-state index in [4.69, 9.17) is 14.5 Å². The molecule has 0 saturated carbocycles. The van der Waals surface area contributed by atoms with Crippen LogP contribution in [0.3, 0.4) is 0 Å². The zero-order valence-corrected chi connectivity index (χ0v) is 18.3. The fourth-order valence-electron chi connectivity index (χ4n) is 3.75. The fourth-order valence-corrected chi connectivity index (χ4v) is 4.85. The van der Waals surface area contributed by atoms with Gasteiger partial charge in [-0.2, -0.15) is 0 Å². The highest BCUT2D eigenvalue weighted by Crippen LogP contribution is 2.36. The second-order valence-corrected chi connectivity index (χ2v) is 8.56. The lowest BCUT2D eigenvalue weighted by Crippen LogP contribution is -3.14. The first-order valence-electron chi connectivity index (χ1n) is 10.4. The van der Waals surface area contributed by atoms with Crippen molar-refractivity contribution in [3.8, 4) is 5.75 Å². The van der Waals surface area contributed by atoms with Gasteiger partial charge in [-0.05, 0) is 24.1 Å². The van der Waals surface area contributed by atoms with E-state index >= 15 is 0 Å². The maximum atomic E-state index is 13.3. The number of benzene rings is 2. The molecule has 2 heterocycles. The van der Waals surface area contributed by atoms with Crippen molar-refractivity contribution in [1.29, 1.82) is 0 Å². The fraction of sp³-hybridized carbons (Fsp3) is 0.391. The molecule has 0 bridgehead atoms. The van der Waals surface area contributed by atoms with Crippen molar-refractivity contribution in [2.45, 2.75) is 13.3 Å². The van der Waals surface area contributed by atoms with Gasteiger partial charge in [0.1, 0.15) is 24.4 Å². The van der Waals surface area contributed by atoms with Crippen LogP contribution in [0.2, 0.25) is 0 Å². The highest BCUT2D eigenvalue weighted by atomic mass is 32.1. The number of aryl methyl sites for hydroxylation is 1. The smallest absolute Gasteiger partial charge is 0.233 e. The third-order valence-electron chi connectivity index (χ3n) is 5.53. The molecule has 158 valence electrons. The van der Waals surface area contributed by atoms with Crippen LogP contribution in [0.15, 0.2) is 42.5 Å². The SMILES string of the molecule is COc1ccc(C)c2sc(N(CC[NH+]3CCOCC3)C(=O)Cc3ccccc3)nc12. The summed E-state index contributed by atoms with van der Waals surface area (Å²) in [7, 11) is 1.66. The van der Waals surface area contributed by atoms with Crippen molar-refractivity contribution in [1.82, 2.24) is 4.98 Å². The summed E-state index contributed by atoms with van der Waals surface area (Å²) in [5.74, 6) is 0.817. The van der Waals surface area contributed by atoms with Gasteiger partial charge in [0.05, 0.1) is 44.5 Å². The van der Waals surface area contributed by atoms with E-state index in [-0.39, 0.29) is 5.91 Å². The number of thiazole rings is 1. The normalized spacial score (nSPS) is 14.7. The third kappa shape index (κ3) is 4.64. The van der Waals surface area contributed by atoms with Gasteiger partial charge in [0.2, 0.25) is 5.91 Å². The number of anilines is 1. The molecule has 1 aliphatic rings. The first-order valence-corrected chi connectivity index (χ1v) is 11.2. The number of nitrogens with zero attached hydrogens (tertiary/aromatic N) is 2. The standard InChI is InChI=1S/C23H27N3O3S/c1-17-8-9-19(28-2)21-22(17)30-23(24-21)26(11-10-25-12-14-29-15-13-25)20(27)16-18-6-4-3-5-7-18/h3-9H,10-16H2,1-2H3/p+1. The van der Waals surface area contributed by atoms with Gasteiger partial charge in [-0.15, -0.1) is 0 Å². The number of fused-ring (bicyclic) bond motifs is 1. The molecule has 1 saturated heterocycles. The molecule has 4 rings (SSSR count). The molecule has 1 amide bonds. The van der Waals surface area contributed by atoms with Gasteiger partial charge in [0, 0.05) is 0 Å². The molecule has 0 aliphatic carbocycles. The van der Waals surface area contributed by atoms with Crippen LogP contribution in [0.5, 0.6) is 5.75 Å². The summed E-state index contributed by atoms with van der Waals surface area (Å²) in [4.78, 5) is 21.5. The first-order chi connectivity index (χ1) is 14.7. The lowest BCUT2D eigenvalue weighted by molar-refractivity contribution is -0.906. The average molecular weight is 427 g/mol. The van der Waals surface area contributed by atoms with Crippen molar-refractivity contribution >= 4 is 32.6 Å². The number of carbonyl (C=O) groups is 1. The predicted octanol–water partition coefficient (Wildman–Crippen LogP) is 2.10. The van der Waals surface area contributed by atoms with E-state index in [1.165, 1.54) is 4.90 Å². The van der Waals surface area contributed by atoms with E-state index in [0.29, 0.717) is 13.0 Å². The predicted molar refractivity (Wildman–Crippen MR) is 120 cm³/mol. The van der Waals surface area contributed by atoms with E-state index in [1.54, 1.807) is 18.4 Å². The molecule has 3 aromatic rings. The minimum absolute atomic E-state index is 0.0736. The number of quaternary nitrogens is 1. The quantitative estimate of drug-likeness (QED) is 0.629. The topological polar surface area (TPSA) is 56.1 Å². The van der Waals surface area contributed by atoms with Crippen molar-refractivity contribution in [2.24, 2.45) is 0 Å². The molecule has 2 aromatic carbocycles. The van der Waals surface area contributed by atoms with Crippen molar-refractivity contribution in [2.75, 3.05) is 51.4 Å². The summed E-state index contributed by atoms with van der Waals surface area (Å²) < 4.78 is 12.1. The monoisotopic (exact) mass is 426 g/mol. The molecule has 0 radical (unpaired) electrons. The Kier molecular flexibility index (Phi) is 6.62. The summed E-state index contributed by atoms with van der Waals surface area (Å²) in [6.07, 6.45) is 0.366. The molecule has 1 aromatic heterocycles. The second kappa shape index (κ2) is 9.55. The number of hydrogen-bond donors (Lipinski definition) is 1. The van der Waals surface area contributed by atoms with Crippen LogP contribution in [0.1, 0.15) is 11.1 Å². The largest absolute Gasteiger partial charge is 0.494 e. The number of hydrogen-bond acceptors (Lipinski definition) is 5. The molecular formula is C23H28N3O3S+. The Morgan fingerprint density at radius 2 is 1.97 bits per heavy atom. The summed E-state index contributed by atoms with van der Waals surface area (Å²) in [6, 6.07) is 13.9. The Balaban J connectivity index is 1.62. The van der Waals surface area contributed by atoms with Crippen molar-refractivity contribution in [3.63, 3.8) is 0 Å². The molecule has 0 atom stereocenters. The third-order valence-corrected chi connectivity index (χ3v) is 6.74. The van der Waals surface area contributed by atoms with Crippen LogP contribution in [-0.4, -0.2) is 57.4 Å². The summed E-state index contributed by atoms with van der Waals surface area (Å²) in [6.45, 7) is 7.12. The Morgan fingerprint density at radius 1 is 1.20 bits per heavy atom. The molecule has 1 N–H and O–H groups in total. The number of amides is 1. The molecule has 7 heteroatoms. The van der Waals surface area contributed by atoms with Crippen LogP contribution >= 0.6 is 11.3 Å². The number of methoxy groups -OCH3 is 1. The van der Waals surface area contributed by atoms with Crippen LogP contribution in [0.25, 0.3) is 10.2 Å². The molecule has 30 heavy (non-hydrogen) atoms. The van der Waals surface area contributed by atoms with E-state index in [1.807, 2.05) is 47.4 Å². The van der Waals surface area contributed by atoms with Crippen LogP contribution < -0.4 is 14.5 Å². The number of aromatic nitrogens is 1. The molecule has 0 spiro atoms. The minimum Gasteiger partial charge on any atom is -0.494 e. The maximum Gasteiger partial charge on any atom is 0.233 e. The Hall–Kier alpha value is -2.48. The Bertz CT molecular complexity index is 1000. The average Bonchev–Trinajstić information content (AvgIpc) is 3.22. The van der Waals surface area contributed by atoms with Gasteiger partial charge in [0.15, 0.2) is 5.13 Å². The van der Waals surface area contributed by atoms with Gasteiger partial charge in [0.25, 0.3) is 0 Å². The lowest BCUT2D eigenvalue weighted by atomic mass is 10.1. The number of rotatable bonds is 7. The maximum absolute atomic E-state index is 13.3. The first kappa shape index (κ1) is 20.8. The lowest BCUT2D eigenvalue weighted by Gasteiger charge is -2.27. The van der Waals surface area contributed by atoms with E-state index in [9.17, 15) is 4.79 Å². The highest BCUT2D eigenvalue weighted by molar-refractivity contribution is 7.22. The van der Waals surface area contributed by atoms with Gasteiger partial charge < -0.3 is 14.4 Å². The summed E-state index contributed by atoms with van der Waals surface area (Å²) >= 11 is 1.57. The van der Waals surface area contributed by atoms with Crippen LogP contribution in [0.4, 0.5) is 5.13 Å². The van der Waals surface area contributed by atoms with Gasteiger partial charge in [-0.3, -0.25) is 9.69 Å².